The minimum Gasteiger partial charge on any atom is -0.359 e. The SMILES string of the molecule is CCOC(CNCC(C)(C)C(=O)NC)OCC. The van der Waals surface area contributed by atoms with Gasteiger partial charge in [-0.05, 0) is 27.7 Å². The zero-order valence-electron chi connectivity index (χ0n) is 11.6. The maximum atomic E-state index is 11.5. The van der Waals surface area contributed by atoms with Gasteiger partial charge in [-0.2, -0.15) is 0 Å². The predicted octanol–water partition coefficient (Wildman–Crippen LogP) is 0.747. The summed E-state index contributed by atoms with van der Waals surface area (Å²) in [5.41, 5.74) is -0.433. The van der Waals surface area contributed by atoms with E-state index in [-0.39, 0.29) is 12.2 Å². The summed E-state index contributed by atoms with van der Waals surface area (Å²) in [4.78, 5) is 11.5. The first-order valence-electron chi connectivity index (χ1n) is 6.14. The van der Waals surface area contributed by atoms with Crippen LogP contribution in [-0.2, 0) is 14.3 Å². The van der Waals surface area contributed by atoms with Crippen LogP contribution in [0.25, 0.3) is 0 Å². The molecule has 0 aromatic carbocycles. The Labute approximate surface area is 104 Å². The van der Waals surface area contributed by atoms with Gasteiger partial charge >= 0.3 is 0 Å². The third-order valence-electron chi connectivity index (χ3n) is 2.42. The number of ether oxygens (including phenoxy) is 2. The molecule has 0 bridgehead atoms. The second-order valence-electron chi connectivity index (χ2n) is 4.43. The molecule has 0 aliphatic heterocycles. The largest absolute Gasteiger partial charge is 0.359 e. The maximum absolute atomic E-state index is 11.5. The third-order valence-corrected chi connectivity index (χ3v) is 2.42. The minimum atomic E-state index is -0.433. The highest BCUT2D eigenvalue weighted by Gasteiger charge is 2.26. The van der Waals surface area contributed by atoms with Gasteiger partial charge in [0, 0.05) is 33.4 Å². The van der Waals surface area contributed by atoms with Crippen molar-refractivity contribution >= 4 is 5.91 Å². The quantitative estimate of drug-likeness (QED) is 0.589. The summed E-state index contributed by atoms with van der Waals surface area (Å²) < 4.78 is 10.8. The van der Waals surface area contributed by atoms with E-state index in [9.17, 15) is 4.79 Å². The fourth-order valence-electron chi connectivity index (χ4n) is 1.46. The van der Waals surface area contributed by atoms with Gasteiger partial charge in [-0.1, -0.05) is 0 Å². The molecule has 1 amide bonds. The lowest BCUT2D eigenvalue weighted by Gasteiger charge is -2.24. The van der Waals surface area contributed by atoms with E-state index >= 15 is 0 Å². The van der Waals surface area contributed by atoms with Gasteiger partial charge in [-0.15, -0.1) is 0 Å². The minimum absolute atomic E-state index is 0.0226. The first-order chi connectivity index (χ1) is 7.97. The van der Waals surface area contributed by atoms with E-state index in [4.69, 9.17) is 9.47 Å². The molecule has 0 aliphatic carbocycles. The molecule has 0 saturated carbocycles. The van der Waals surface area contributed by atoms with Crippen molar-refractivity contribution < 1.29 is 14.3 Å². The second kappa shape index (κ2) is 8.44. The molecule has 5 nitrogen and oxygen atoms in total. The number of nitrogens with one attached hydrogen (secondary N) is 2. The van der Waals surface area contributed by atoms with Gasteiger partial charge in [0.1, 0.15) is 0 Å². The van der Waals surface area contributed by atoms with Crippen molar-refractivity contribution in [3.05, 3.63) is 0 Å². The number of carbonyl (C=O) groups is 1. The molecule has 0 atom stereocenters. The van der Waals surface area contributed by atoms with Crippen LogP contribution in [-0.4, -0.2) is 45.5 Å². The van der Waals surface area contributed by atoms with Crippen molar-refractivity contribution in [2.75, 3.05) is 33.4 Å². The number of carbonyl (C=O) groups excluding carboxylic acids is 1. The summed E-state index contributed by atoms with van der Waals surface area (Å²) in [6.45, 7) is 10.1. The molecule has 0 aromatic heterocycles. The van der Waals surface area contributed by atoms with Crippen molar-refractivity contribution in [3.63, 3.8) is 0 Å². The predicted molar refractivity (Wildman–Crippen MR) is 67.8 cm³/mol. The molecular weight excluding hydrogens is 220 g/mol. The zero-order chi connectivity index (χ0) is 13.3. The average molecular weight is 246 g/mol. The topological polar surface area (TPSA) is 59.6 Å². The molecule has 5 heteroatoms. The summed E-state index contributed by atoms with van der Waals surface area (Å²) in [5.74, 6) is 0.0226. The van der Waals surface area contributed by atoms with E-state index in [0.717, 1.165) is 0 Å². The van der Waals surface area contributed by atoms with Gasteiger partial charge in [0.25, 0.3) is 0 Å². The molecule has 0 spiro atoms. The van der Waals surface area contributed by atoms with Gasteiger partial charge in [0.2, 0.25) is 5.91 Å². The summed E-state index contributed by atoms with van der Waals surface area (Å²) in [6.07, 6.45) is -0.245. The number of rotatable bonds is 9. The Hall–Kier alpha value is -0.650. The third kappa shape index (κ3) is 6.61. The summed E-state index contributed by atoms with van der Waals surface area (Å²) >= 11 is 0. The fraction of sp³-hybridized carbons (Fsp3) is 0.917. The van der Waals surface area contributed by atoms with Crippen molar-refractivity contribution in [2.24, 2.45) is 5.41 Å². The van der Waals surface area contributed by atoms with E-state index in [2.05, 4.69) is 10.6 Å². The first-order valence-corrected chi connectivity index (χ1v) is 6.14. The normalized spacial score (nSPS) is 11.9. The number of amides is 1. The lowest BCUT2D eigenvalue weighted by Crippen LogP contribution is -2.44. The van der Waals surface area contributed by atoms with Crippen LogP contribution in [0.1, 0.15) is 27.7 Å². The molecule has 17 heavy (non-hydrogen) atoms. The number of hydrogen-bond acceptors (Lipinski definition) is 4. The highest BCUT2D eigenvalue weighted by atomic mass is 16.7. The highest BCUT2D eigenvalue weighted by molar-refractivity contribution is 5.81. The Morgan fingerprint density at radius 2 is 1.76 bits per heavy atom. The van der Waals surface area contributed by atoms with Gasteiger partial charge in [0.15, 0.2) is 6.29 Å². The molecule has 0 aliphatic rings. The average Bonchev–Trinajstić information content (AvgIpc) is 2.28. The van der Waals surface area contributed by atoms with Crippen molar-refractivity contribution in [1.82, 2.24) is 10.6 Å². The van der Waals surface area contributed by atoms with E-state index in [1.807, 2.05) is 27.7 Å². The van der Waals surface area contributed by atoms with Crippen LogP contribution in [0.2, 0.25) is 0 Å². The Morgan fingerprint density at radius 3 is 2.18 bits per heavy atom. The summed E-state index contributed by atoms with van der Waals surface area (Å²) in [7, 11) is 1.65. The van der Waals surface area contributed by atoms with Gasteiger partial charge < -0.3 is 20.1 Å². The van der Waals surface area contributed by atoms with Crippen LogP contribution in [0.15, 0.2) is 0 Å². The molecule has 0 radical (unpaired) electrons. The van der Waals surface area contributed by atoms with Gasteiger partial charge in [0.05, 0.1) is 5.41 Å². The van der Waals surface area contributed by atoms with Crippen LogP contribution in [0.4, 0.5) is 0 Å². The van der Waals surface area contributed by atoms with Crippen LogP contribution in [0.5, 0.6) is 0 Å². The van der Waals surface area contributed by atoms with Crippen LogP contribution in [0, 0.1) is 5.41 Å². The second-order valence-corrected chi connectivity index (χ2v) is 4.43. The summed E-state index contributed by atoms with van der Waals surface area (Å²) in [6, 6.07) is 0. The molecule has 0 rings (SSSR count). The first kappa shape index (κ1) is 16.4. The Balaban J connectivity index is 3.97. The Bertz CT molecular complexity index is 214. The lowest BCUT2D eigenvalue weighted by atomic mass is 9.92. The van der Waals surface area contributed by atoms with Crippen molar-refractivity contribution in [2.45, 2.75) is 34.0 Å². The van der Waals surface area contributed by atoms with E-state index in [1.54, 1.807) is 7.05 Å². The van der Waals surface area contributed by atoms with Crippen LogP contribution in [0.3, 0.4) is 0 Å². The number of hydrogen-bond donors (Lipinski definition) is 2. The summed E-state index contributed by atoms with van der Waals surface area (Å²) in [5, 5.41) is 5.85. The molecule has 0 fully saturated rings. The molecule has 0 saturated heterocycles. The molecule has 0 aromatic rings. The Kier molecular flexibility index (Phi) is 8.12. The lowest BCUT2D eigenvalue weighted by molar-refractivity contribution is -0.136. The van der Waals surface area contributed by atoms with Gasteiger partial charge in [-0.25, -0.2) is 0 Å². The standard InChI is InChI=1S/C12H26N2O3/c1-6-16-10(17-7-2)8-14-9-12(3,4)11(15)13-5/h10,14H,6-9H2,1-5H3,(H,13,15). The molecule has 2 N–H and O–H groups in total. The Morgan fingerprint density at radius 1 is 1.24 bits per heavy atom. The van der Waals surface area contributed by atoms with Crippen molar-refractivity contribution in [1.29, 1.82) is 0 Å². The van der Waals surface area contributed by atoms with Crippen LogP contribution < -0.4 is 10.6 Å². The monoisotopic (exact) mass is 246 g/mol. The molecule has 0 unspecified atom stereocenters. The molecule has 0 heterocycles. The molecule has 102 valence electrons. The van der Waals surface area contributed by atoms with Gasteiger partial charge in [-0.3, -0.25) is 4.79 Å². The maximum Gasteiger partial charge on any atom is 0.226 e. The highest BCUT2D eigenvalue weighted by Crippen LogP contribution is 2.13. The molecular formula is C12H26N2O3. The fourth-order valence-corrected chi connectivity index (χ4v) is 1.46. The smallest absolute Gasteiger partial charge is 0.226 e. The van der Waals surface area contributed by atoms with E-state index in [0.29, 0.717) is 26.3 Å². The van der Waals surface area contributed by atoms with E-state index < -0.39 is 5.41 Å². The van der Waals surface area contributed by atoms with E-state index in [1.165, 1.54) is 0 Å². The zero-order valence-corrected chi connectivity index (χ0v) is 11.6. The van der Waals surface area contributed by atoms with Crippen molar-refractivity contribution in [3.8, 4) is 0 Å². The van der Waals surface area contributed by atoms with Crippen LogP contribution >= 0.6 is 0 Å².